The highest BCUT2D eigenvalue weighted by molar-refractivity contribution is 5.79. The number of carbonyl (C=O) groups excluding carboxylic acids is 1. The SMILES string of the molecule is O=C(O)C1CN(C(=O)NC2CCOCC2)C1. The Balaban J connectivity index is 1.71. The molecular formula is C10H16N2O4. The number of amides is 2. The third-order valence-electron chi connectivity index (χ3n) is 3.07. The van der Waals surface area contributed by atoms with Gasteiger partial charge in [-0.1, -0.05) is 0 Å². The monoisotopic (exact) mass is 228 g/mol. The van der Waals surface area contributed by atoms with E-state index in [1.165, 1.54) is 4.90 Å². The van der Waals surface area contributed by atoms with Crippen LogP contribution in [0, 0.1) is 5.92 Å². The molecule has 2 aliphatic rings. The van der Waals surface area contributed by atoms with Gasteiger partial charge in [0.15, 0.2) is 0 Å². The highest BCUT2D eigenvalue weighted by Gasteiger charge is 2.36. The summed E-state index contributed by atoms with van der Waals surface area (Å²) in [7, 11) is 0. The number of carboxylic acids is 1. The molecule has 0 radical (unpaired) electrons. The molecule has 0 spiro atoms. The van der Waals surface area contributed by atoms with Crippen molar-refractivity contribution >= 4 is 12.0 Å². The number of hydrogen-bond donors (Lipinski definition) is 2. The Morgan fingerprint density at radius 2 is 1.88 bits per heavy atom. The van der Waals surface area contributed by atoms with Crippen LogP contribution in [0.15, 0.2) is 0 Å². The summed E-state index contributed by atoms with van der Waals surface area (Å²) >= 11 is 0. The van der Waals surface area contributed by atoms with Crippen molar-refractivity contribution in [2.24, 2.45) is 5.92 Å². The molecule has 0 bridgehead atoms. The van der Waals surface area contributed by atoms with Crippen LogP contribution in [-0.4, -0.2) is 54.4 Å². The van der Waals surface area contributed by atoms with Gasteiger partial charge < -0.3 is 20.1 Å². The smallest absolute Gasteiger partial charge is 0.317 e. The Bertz CT molecular complexity index is 283. The summed E-state index contributed by atoms with van der Waals surface area (Å²) in [4.78, 5) is 23.7. The molecular weight excluding hydrogens is 212 g/mol. The van der Waals surface area contributed by atoms with E-state index in [9.17, 15) is 9.59 Å². The van der Waals surface area contributed by atoms with Gasteiger partial charge in [0.25, 0.3) is 0 Å². The molecule has 6 nitrogen and oxygen atoms in total. The van der Waals surface area contributed by atoms with Crippen LogP contribution in [0.25, 0.3) is 0 Å². The van der Waals surface area contributed by atoms with E-state index in [2.05, 4.69) is 5.32 Å². The van der Waals surface area contributed by atoms with Crippen LogP contribution in [0.1, 0.15) is 12.8 Å². The summed E-state index contributed by atoms with van der Waals surface area (Å²) in [5, 5.41) is 11.6. The fraction of sp³-hybridized carbons (Fsp3) is 0.800. The van der Waals surface area contributed by atoms with E-state index in [-0.39, 0.29) is 18.0 Å². The third kappa shape index (κ3) is 2.44. The van der Waals surface area contributed by atoms with Gasteiger partial charge in [-0.15, -0.1) is 0 Å². The average molecular weight is 228 g/mol. The van der Waals surface area contributed by atoms with Crippen LogP contribution in [-0.2, 0) is 9.53 Å². The van der Waals surface area contributed by atoms with Crippen molar-refractivity contribution in [2.75, 3.05) is 26.3 Å². The zero-order valence-electron chi connectivity index (χ0n) is 9.02. The minimum Gasteiger partial charge on any atom is -0.481 e. The van der Waals surface area contributed by atoms with Crippen LogP contribution < -0.4 is 5.32 Å². The van der Waals surface area contributed by atoms with E-state index in [1.54, 1.807) is 0 Å². The maximum Gasteiger partial charge on any atom is 0.317 e. The number of likely N-dealkylation sites (tertiary alicyclic amines) is 1. The van der Waals surface area contributed by atoms with Crippen LogP contribution in [0.3, 0.4) is 0 Å². The predicted molar refractivity (Wildman–Crippen MR) is 55.1 cm³/mol. The molecule has 2 heterocycles. The Kier molecular flexibility index (Phi) is 3.28. The molecule has 0 aromatic carbocycles. The number of rotatable bonds is 2. The van der Waals surface area contributed by atoms with Crippen molar-refractivity contribution in [3.63, 3.8) is 0 Å². The van der Waals surface area contributed by atoms with Crippen molar-refractivity contribution in [3.05, 3.63) is 0 Å². The van der Waals surface area contributed by atoms with Gasteiger partial charge in [0.05, 0.1) is 5.92 Å². The van der Waals surface area contributed by atoms with E-state index in [1.807, 2.05) is 0 Å². The minimum atomic E-state index is -0.824. The summed E-state index contributed by atoms with van der Waals surface area (Å²) in [5.41, 5.74) is 0. The van der Waals surface area contributed by atoms with Gasteiger partial charge in [-0.2, -0.15) is 0 Å². The molecule has 2 rings (SSSR count). The first-order chi connectivity index (χ1) is 7.66. The molecule has 0 aromatic rings. The average Bonchev–Trinajstić information content (AvgIpc) is 2.15. The predicted octanol–water partition coefficient (Wildman–Crippen LogP) is -0.109. The lowest BCUT2D eigenvalue weighted by Crippen LogP contribution is -2.58. The van der Waals surface area contributed by atoms with Gasteiger partial charge in [-0.05, 0) is 12.8 Å². The van der Waals surface area contributed by atoms with Crippen LogP contribution in [0.4, 0.5) is 4.79 Å². The van der Waals surface area contributed by atoms with Gasteiger partial charge in [-0.3, -0.25) is 4.79 Å². The third-order valence-corrected chi connectivity index (χ3v) is 3.07. The molecule has 0 saturated carbocycles. The molecule has 2 fully saturated rings. The molecule has 2 aliphatic heterocycles. The minimum absolute atomic E-state index is 0.149. The number of carboxylic acid groups (broad SMARTS) is 1. The van der Waals surface area contributed by atoms with Gasteiger partial charge in [0, 0.05) is 32.3 Å². The summed E-state index contributed by atoms with van der Waals surface area (Å²) in [6, 6.07) is 0.0227. The molecule has 0 aromatic heterocycles. The van der Waals surface area contributed by atoms with Gasteiger partial charge in [0.1, 0.15) is 0 Å². The normalized spacial score (nSPS) is 22.6. The fourth-order valence-corrected chi connectivity index (χ4v) is 1.91. The topological polar surface area (TPSA) is 78.9 Å². The van der Waals surface area contributed by atoms with E-state index >= 15 is 0 Å². The van der Waals surface area contributed by atoms with E-state index in [0.29, 0.717) is 26.3 Å². The second kappa shape index (κ2) is 4.69. The first-order valence-corrected chi connectivity index (χ1v) is 5.53. The number of nitrogens with zero attached hydrogens (tertiary/aromatic N) is 1. The first kappa shape index (κ1) is 11.2. The molecule has 16 heavy (non-hydrogen) atoms. The summed E-state index contributed by atoms with van der Waals surface area (Å²) in [6.07, 6.45) is 1.67. The second-order valence-electron chi connectivity index (χ2n) is 4.28. The van der Waals surface area contributed by atoms with E-state index < -0.39 is 5.97 Å². The maximum absolute atomic E-state index is 11.6. The molecule has 0 unspecified atom stereocenters. The highest BCUT2D eigenvalue weighted by atomic mass is 16.5. The Morgan fingerprint density at radius 3 is 2.44 bits per heavy atom. The van der Waals surface area contributed by atoms with Crippen LogP contribution >= 0.6 is 0 Å². The standard InChI is InChI=1S/C10H16N2O4/c13-9(14)7-5-12(6-7)10(15)11-8-1-3-16-4-2-8/h7-8H,1-6H2,(H,11,15)(H,13,14). The lowest BCUT2D eigenvalue weighted by molar-refractivity contribution is -0.146. The van der Waals surface area contributed by atoms with Gasteiger partial charge >= 0.3 is 12.0 Å². The number of nitrogens with one attached hydrogen (secondary N) is 1. The Hall–Kier alpha value is -1.30. The molecule has 2 saturated heterocycles. The number of hydrogen-bond acceptors (Lipinski definition) is 3. The number of carbonyl (C=O) groups is 2. The van der Waals surface area contributed by atoms with Crippen molar-refractivity contribution in [2.45, 2.75) is 18.9 Å². The number of urea groups is 1. The molecule has 2 amide bonds. The summed E-state index contributed by atoms with van der Waals surface area (Å²) in [6.45, 7) is 2.01. The molecule has 90 valence electrons. The van der Waals surface area contributed by atoms with Crippen molar-refractivity contribution < 1.29 is 19.4 Å². The summed E-state index contributed by atoms with van der Waals surface area (Å²) in [5.74, 6) is -1.21. The number of aliphatic carboxylic acids is 1. The van der Waals surface area contributed by atoms with Crippen molar-refractivity contribution in [1.29, 1.82) is 0 Å². The fourth-order valence-electron chi connectivity index (χ4n) is 1.91. The molecule has 0 aliphatic carbocycles. The van der Waals surface area contributed by atoms with E-state index in [4.69, 9.17) is 9.84 Å². The Labute approximate surface area is 93.6 Å². The van der Waals surface area contributed by atoms with Crippen molar-refractivity contribution in [3.8, 4) is 0 Å². The zero-order chi connectivity index (χ0) is 11.5. The lowest BCUT2D eigenvalue weighted by atomic mass is 10.0. The van der Waals surface area contributed by atoms with Crippen LogP contribution in [0.2, 0.25) is 0 Å². The van der Waals surface area contributed by atoms with Gasteiger partial charge in [-0.25, -0.2) is 4.79 Å². The van der Waals surface area contributed by atoms with Crippen LogP contribution in [0.5, 0.6) is 0 Å². The quantitative estimate of drug-likeness (QED) is 0.691. The molecule has 2 N–H and O–H groups in total. The first-order valence-electron chi connectivity index (χ1n) is 5.53. The van der Waals surface area contributed by atoms with E-state index in [0.717, 1.165) is 12.8 Å². The summed E-state index contributed by atoms with van der Waals surface area (Å²) < 4.78 is 5.19. The molecule has 6 heteroatoms. The number of ether oxygens (including phenoxy) is 1. The second-order valence-corrected chi connectivity index (χ2v) is 4.28. The largest absolute Gasteiger partial charge is 0.481 e. The Morgan fingerprint density at radius 1 is 1.25 bits per heavy atom. The lowest BCUT2D eigenvalue weighted by Gasteiger charge is -2.37. The van der Waals surface area contributed by atoms with Gasteiger partial charge in [0.2, 0.25) is 0 Å². The van der Waals surface area contributed by atoms with Crippen molar-refractivity contribution in [1.82, 2.24) is 10.2 Å². The molecule has 0 atom stereocenters. The maximum atomic E-state index is 11.6. The highest BCUT2D eigenvalue weighted by Crippen LogP contribution is 2.16. The zero-order valence-corrected chi connectivity index (χ0v) is 9.02.